The molecule has 0 fully saturated rings. The molecule has 0 heterocycles. The molecule has 0 unspecified atom stereocenters. The van der Waals surface area contributed by atoms with Crippen molar-refractivity contribution in [3.8, 4) is 5.75 Å². The summed E-state index contributed by atoms with van der Waals surface area (Å²) in [5.74, 6) is -12.0. The van der Waals surface area contributed by atoms with Crippen molar-refractivity contribution < 1.29 is 35.9 Å². The normalized spacial score (nSPS) is 10.7. The van der Waals surface area contributed by atoms with Gasteiger partial charge in [0, 0.05) is 6.07 Å². The van der Waals surface area contributed by atoms with Gasteiger partial charge in [0.15, 0.2) is 17.4 Å². The fourth-order valence-corrected chi connectivity index (χ4v) is 0.778. The van der Waals surface area contributed by atoms with Crippen LogP contribution < -0.4 is 4.74 Å². The second kappa shape index (κ2) is 4.42. The maximum absolute atomic E-state index is 12.8. The number of esters is 1. The number of carbonyl (C=O) groups is 1. The molecule has 0 amide bonds. The Balaban J connectivity index is 3.11. The van der Waals surface area contributed by atoms with Gasteiger partial charge in [0.1, 0.15) is 0 Å². The zero-order chi connectivity index (χ0) is 12.5. The van der Waals surface area contributed by atoms with Gasteiger partial charge in [0.25, 0.3) is 0 Å². The Morgan fingerprint density at radius 2 is 1.62 bits per heavy atom. The number of carbonyl (C=O) groups excluding carboxylic acids is 1. The summed E-state index contributed by atoms with van der Waals surface area (Å²) in [6.45, 7) is 0. The third-order valence-electron chi connectivity index (χ3n) is 1.46. The second-order valence-electron chi connectivity index (χ2n) is 2.52. The number of ether oxygens (including phenoxy) is 1. The van der Waals surface area contributed by atoms with E-state index in [0.717, 1.165) is 0 Å². The van der Waals surface area contributed by atoms with Crippen LogP contribution >= 0.6 is 0 Å². The highest BCUT2D eigenvalue weighted by atomic mass is 19.3. The van der Waals surface area contributed by atoms with Crippen molar-refractivity contribution >= 4 is 5.97 Å². The summed E-state index contributed by atoms with van der Waals surface area (Å²) in [6.07, 6.45) is -3.60. The maximum Gasteiger partial charge on any atom is 0.379 e. The summed E-state index contributed by atoms with van der Waals surface area (Å²) < 4.78 is 77.1. The second-order valence-corrected chi connectivity index (χ2v) is 2.52. The summed E-state index contributed by atoms with van der Waals surface area (Å²) in [4.78, 5) is 10.3. The van der Waals surface area contributed by atoms with Gasteiger partial charge in [-0.1, -0.05) is 0 Å². The van der Waals surface area contributed by atoms with Gasteiger partial charge < -0.3 is 4.74 Å². The first kappa shape index (κ1) is 12.3. The van der Waals surface area contributed by atoms with Gasteiger partial charge in [0.05, 0.1) is 0 Å². The van der Waals surface area contributed by atoms with E-state index in [4.69, 9.17) is 0 Å². The predicted octanol–water partition coefficient (Wildman–Crippen LogP) is 2.41. The lowest BCUT2D eigenvalue weighted by Crippen LogP contribution is -2.18. The molecule has 0 bridgehead atoms. The highest BCUT2D eigenvalue weighted by Gasteiger charge is 2.24. The van der Waals surface area contributed by atoms with E-state index in [1.165, 1.54) is 0 Å². The van der Waals surface area contributed by atoms with Gasteiger partial charge in [-0.3, -0.25) is 0 Å². The molecule has 88 valence electrons. The first-order valence-electron chi connectivity index (χ1n) is 3.67. The molecule has 0 spiro atoms. The fourth-order valence-electron chi connectivity index (χ4n) is 0.778. The molecule has 2 nitrogen and oxygen atoms in total. The number of hydrogen-bond donors (Lipinski definition) is 0. The summed E-state index contributed by atoms with van der Waals surface area (Å²) in [5.41, 5.74) is 0. The molecule has 0 aliphatic carbocycles. The van der Waals surface area contributed by atoms with Crippen molar-refractivity contribution in [2.75, 3.05) is 0 Å². The number of hydrogen-bond acceptors (Lipinski definition) is 2. The predicted molar refractivity (Wildman–Crippen MR) is 37.9 cm³/mol. The molecule has 8 heteroatoms. The Labute approximate surface area is 84.4 Å². The molecule has 0 saturated heterocycles. The molecule has 0 aliphatic heterocycles. The molecule has 0 N–H and O–H groups in total. The van der Waals surface area contributed by atoms with E-state index in [9.17, 15) is 31.1 Å². The summed E-state index contributed by atoms with van der Waals surface area (Å²) in [5, 5.41) is 0. The standard InChI is InChI=1S/C8H2F6O2/c9-2-1-3(16-8(15)7(13)14)5(11)6(12)4(2)10/h1,7H. The van der Waals surface area contributed by atoms with Crippen LogP contribution in [-0.2, 0) is 4.79 Å². The molecule has 1 rings (SSSR count). The minimum Gasteiger partial charge on any atom is -0.419 e. The first-order valence-corrected chi connectivity index (χ1v) is 3.67. The Hall–Kier alpha value is -1.73. The monoisotopic (exact) mass is 244 g/mol. The molecular weight excluding hydrogens is 242 g/mol. The lowest BCUT2D eigenvalue weighted by molar-refractivity contribution is -0.146. The van der Waals surface area contributed by atoms with Crippen LogP contribution in [0, 0.1) is 23.3 Å². The van der Waals surface area contributed by atoms with Crippen LogP contribution in [0.4, 0.5) is 26.3 Å². The van der Waals surface area contributed by atoms with Gasteiger partial charge in [-0.2, -0.15) is 13.2 Å². The molecule has 16 heavy (non-hydrogen) atoms. The van der Waals surface area contributed by atoms with Gasteiger partial charge in [0.2, 0.25) is 11.6 Å². The largest absolute Gasteiger partial charge is 0.419 e. The molecular formula is C8H2F6O2. The van der Waals surface area contributed by atoms with E-state index in [-0.39, 0.29) is 6.07 Å². The minimum absolute atomic E-state index is 0.0476. The summed E-state index contributed by atoms with van der Waals surface area (Å²) in [7, 11) is 0. The van der Waals surface area contributed by atoms with Gasteiger partial charge in [-0.25, -0.2) is 18.0 Å². The third kappa shape index (κ3) is 2.26. The maximum atomic E-state index is 12.8. The number of benzene rings is 1. The van der Waals surface area contributed by atoms with Crippen LogP contribution in [0.3, 0.4) is 0 Å². The number of rotatable bonds is 2. The van der Waals surface area contributed by atoms with Crippen molar-refractivity contribution in [2.24, 2.45) is 0 Å². The van der Waals surface area contributed by atoms with E-state index in [1.54, 1.807) is 0 Å². The van der Waals surface area contributed by atoms with Crippen LogP contribution in [0.15, 0.2) is 6.07 Å². The van der Waals surface area contributed by atoms with Crippen molar-refractivity contribution in [3.05, 3.63) is 29.3 Å². The Bertz CT molecular complexity index is 431. The topological polar surface area (TPSA) is 26.3 Å². The molecule has 0 saturated carbocycles. The van der Waals surface area contributed by atoms with Gasteiger partial charge in [-0.05, 0) is 0 Å². The van der Waals surface area contributed by atoms with Crippen LogP contribution in [0.2, 0.25) is 0 Å². The molecule has 0 radical (unpaired) electrons. The summed E-state index contributed by atoms with van der Waals surface area (Å²) in [6, 6.07) is -0.0476. The number of halogens is 6. The molecule has 1 aromatic rings. The van der Waals surface area contributed by atoms with Crippen LogP contribution in [0.25, 0.3) is 0 Å². The SMILES string of the molecule is O=C(Oc1cc(F)c(F)c(F)c1F)C(F)F. The van der Waals surface area contributed by atoms with Crippen molar-refractivity contribution in [1.82, 2.24) is 0 Å². The molecule has 0 aromatic heterocycles. The Morgan fingerprint density at radius 1 is 1.06 bits per heavy atom. The average molecular weight is 244 g/mol. The smallest absolute Gasteiger partial charge is 0.379 e. The number of alkyl halides is 2. The van der Waals surface area contributed by atoms with Crippen molar-refractivity contribution in [2.45, 2.75) is 6.43 Å². The molecule has 1 aromatic carbocycles. The lowest BCUT2D eigenvalue weighted by Gasteiger charge is -2.06. The fraction of sp³-hybridized carbons (Fsp3) is 0.125. The average Bonchev–Trinajstić information content (AvgIpc) is 2.22. The van der Waals surface area contributed by atoms with E-state index in [0.29, 0.717) is 0 Å². The van der Waals surface area contributed by atoms with Crippen LogP contribution in [-0.4, -0.2) is 12.4 Å². The van der Waals surface area contributed by atoms with Crippen LogP contribution in [0.5, 0.6) is 5.75 Å². The molecule has 0 atom stereocenters. The molecule has 0 aliphatic rings. The van der Waals surface area contributed by atoms with E-state index >= 15 is 0 Å². The van der Waals surface area contributed by atoms with E-state index in [2.05, 4.69) is 4.74 Å². The zero-order valence-corrected chi connectivity index (χ0v) is 7.24. The Morgan fingerprint density at radius 3 is 2.12 bits per heavy atom. The Kier molecular flexibility index (Phi) is 3.41. The van der Waals surface area contributed by atoms with Crippen LogP contribution in [0.1, 0.15) is 0 Å². The highest BCUT2D eigenvalue weighted by Crippen LogP contribution is 2.25. The quantitative estimate of drug-likeness (QED) is 0.262. The minimum atomic E-state index is -3.60. The van der Waals surface area contributed by atoms with E-state index in [1.807, 2.05) is 0 Å². The van der Waals surface area contributed by atoms with Crippen molar-refractivity contribution in [1.29, 1.82) is 0 Å². The van der Waals surface area contributed by atoms with E-state index < -0.39 is 41.4 Å². The van der Waals surface area contributed by atoms with Crippen molar-refractivity contribution in [3.63, 3.8) is 0 Å². The zero-order valence-electron chi connectivity index (χ0n) is 7.24. The lowest BCUT2D eigenvalue weighted by atomic mass is 10.3. The van der Waals surface area contributed by atoms with Gasteiger partial charge >= 0.3 is 12.4 Å². The summed E-state index contributed by atoms with van der Waals surface area (Å²) >= 11 is 0. The third-order valence-corrected chi connectivity index (χ3v) is 1.46. The first-order chi connectivity index (χ1) is 7.34. The van der Waals surface area contributed by atoms with Gasteiger partial charge in [-0.15, -0.1) is 0 Å². The highest BCUT2D eigenvalue weighted by molar-refractivity contribution is 5.75.